The Labute approximate surface area is 235 Å². The summed E-state index contributed by atoms with van der Waals surface area (Å²) in [5.41, 5.74) is -1.00. The van der Waals surface area contributed by atoms with E-state index in [2.05, 4.69) is 31.4 Å². The minimum Gasteiger partial charge on any atom is -0.444 e. The summed E-state index contributed by atoms with van der Waals surface area (Å²) in [6.07, 6.45) is 7.55. The topological polar surface area (TPSA) is 120 Å². The van der Waals surface area contributed by atoms with Crippen molar-refractivity contribution < 1.29 is 31.7 Å². The number of rotatable bonds is 5. The zero-order valence-corrected chi connectivity index (χ0v) is 26.8. The highest BCUT2D eigenvalue weighted by atomic mass is 32.2. The average Bonchev–Trinajstić information content (AvgIpc) is 2.66. The Morgan fingerprint density at radius 3 is 1.58 bits per heavy atom. The minimum atomic E-state index is -3.52. The molecular formula is C27H52N2O7S2. The standard InChI is InChI=1S/C15H29NO2S.C12H23NO5S/c1-14(2,3)18-13(17)16-11-9-7-8-10-12(11)19-15(4,5)6;1-12(2,3)17-11(14)13-9-7-5-6-8-10(9)18-19(4,15)16/h11-12H,7-10H2,1-6H3,(H,16,17);9-10H,5-8H2,1-4H3,(H,13,14)/t11-,12+;9-,10-/m00/s1. The van der Waals surface area contributed by atoms with Gasteiger partial charge in [0.2, 0.25) is 0 Å². The van der Waals surface area contributed by atoms with Crippen LogP contribution in [0.3, 0.4) is 0 Å². The SMILES string of the molecule is CC(C)(C)OC(=O)N[C@H]1CCCC[C@@H]1OS(C)(=O)=O.CC(C)(C)OC(=O)N[C@H]1CCCC[C@H]1SC(C)(C)C. The average molecular weight is 581 g/mol. The Hall–Kier alpha value is -1.20. The maximum Gasteiger partial charge on any atom is 0.407 e. The number of nitrogens with one attached hydrogen (secondary N) is 2. The third-order valence-electron chi connectivity index (χ3n) is 5.61. The monoisotopic (exact) mass is 580 g/mol. The van der Waals surface area contributed by atoms with Crippen LogP contribution in [0.4, 0.5) is 9.59 Å². The fraction of sp³-hybridized carbons (Fsp3) is 0.926. The van der Waals surface area contributed by atoms with Crippen LogP contribution in [-0.2, 0) is 23.8 Å². The van der Waals surface area contributed by atoms with Gasteiger partial charge in [0.15, 0.2) is 0 Å². The quantitative estimate of drug-likeness (QED) is 0.372. The van der Waals surface area contributed by atoms with Gasteiger partial charge in [-0.1, -0.05) is 46.5 Å². The second-order valence-electron chi connectivity index (χ2n) is 13.2. The Morgan fingerprint density at radius 1 is 0.711 bits per heavy atom. The Bertz CT molecular complexity index is 858. The zero-order chi connectivity index (χ0) is 29.4. The summed E-state index contributed by atoms with van der Waals surface area (Å²) in [7, 11) is -3.52. The predicted octanol–water partition coefficient (Wildman–Crippen LogP) is 6.15. The maximum absolute atomic E-state index is 11.9. The molecule has 224 valence electrons. The summed E-state index contributed by atoms with van der Waals surface area (Å²) in [6, 6.07) is -0.0776. The molecule has 0 bridgehead atoms. The molecular weight excluding hydrogens is 528 g/mol. The van der Waals surface area contributed by atoms with Gasteiger partial charge in [-0.15, -0.1) is 0 Å². The molecule has 0 saturated heterocycles. The number of amides is 2. The predicted molar refractivity (Wildman–Crippen MR) is 154 cm³/mol. The largest absolute Gasteiger partial charge is 0.444 e. The van der Waals surface area contributed by atoms with Crippen molar-refractivity contribution in [1.29, 1.82) is 0 Å². The number of alkyl carbamates (subject to hydrolysis) is 2. The molecule has 2 N–H and O–H groups in total. The first-order valence-corrected chi connectivity index (χ1v) is 16.4. The number of ether oxygens (including phenoxy) is 2. The summed E-state index contributed by atoms with van der Waals surface area (Å²) in [5, 5.41) is 6.26. The molecule has 2 saturated carbocycles. The van der Waals surface area contributed by atoms with E-state index in [9.17, 15) is 18.0 Å². The first-order chi connectivity index (χ1) is 17.1. The lowest BCUT2D eigenvalue weighted by atomic mass is 9.93. The van der Waals surface area contributed by atoms with Crippen LogP contribution in [0.5, 0.6) is 0 Å². The molecule has 0 heterocycles. The van der Waals surface area contributed by atoms with Gasteiger partial charge in [-0.2, -0.15) is 20.2 Å². The van der Waals surface area contributed by atoms with Gasteiger partial charge in [-0.25, -0.2) is 9.59 Å². The van der Waals surface area contributed by atoms with Crippen molar-refractivity contribution in [2.45, 2.75) is 153 Å². The van der Waals surface area contributed by atoms with Gasteiger partial charge in [0.05, 0.1) is 18.4 Å². The van der Waals surface area contributed by atoms with Crippen molar-refractivity contribution in [2.24, 2.45) is 0 Å². The van der Waals surface area contributed by atoms with E-state index < -0.39 is 33.5 Å². The minimum absolute atomic E-state index is 0.232. The van der Waals surface area contributed by atoms with E-state index in [4.69, 9.17) is 13.7 Å². The summed E-state index contributed by atoms with van der Waals surface area (Å²) in [4.78, 5) is 23.6. The maximum atomic E-state index is 11.9. The molecule has 2 amide bonds. The third-order valence-corrected chi connectivity index (χ3v) is 7.78. The lowest BCUT2D eigenvalue weighted by Gasteiger charge is -2.36. The van der Waals surface area contributed by atoms with E-state index in [-0.39, 0.29) is 22.9 Å². The fourth-order valence-electron chi connectivity index (χ4n) is 4.38. The molecule has 0 unspecified atom stereocenters. The molecule has 9 nitrogen and oxygen atoms in total. The van der Waals surface area contributed by atoms with Gasteiger partial charge in [0, 0.05) is 16.0 Å². The van der Waals surface area contributed by atoms with Crippen LogP contribution < -0.4 is 10.6 Å². The number of hydrogen-bond donors (Lipinski definition) is 2. The third kappa shape index (κ3) is 16.7. The normalized spacial score (nSPS) is 24.9. The second kappa shape index (κ2) is 14.4. The Balaban J connectivity index is 0.000000380. The van der Waals surface area contributed by atoms with Gasteiger partial charge in [0.1, 0.15) is 11.2 Å². The first kappa shape index (κ1) is 34.8. The van der Waals surface area contributed by atoms with Crippen LogP contribution in [0.2, 0.25) is 0 Å². The van der Waals surface area contributed by atoms with E-state index in [1.54, 1.807) is 20.8 Å². The zero-order valence-electron chi connectivity index (χ0n) is 25.1. The molecule has 0 aromatic heterocycles. The number of carbonyl (C=O) groups is 2. The van der Waals surface area contributed by atoms with Crippen LogP contribution in [0.15, 0.2) is 0 Å². The molecule has 0 radical (unpaired) electrons. The van der Waals surface area contributed by atoms with Crippen molar-refractivity contribution in [3.05, 3.63) is 0 Å². The van der Waals surface area contributed by atoms with Gasteiger partial charge in [0.25, 0.3) is 10.1 Å². The van der Waals surface area contributed by atoms with E-state index >= 15 is 0 Å². The molecule has 11 heteroatoms. The lowest BCUT2D eigenvalue weighted by Crippen LogP contribution is -2.48. The van der Waals surface area contributed by atoms with E-state index in [1.165, 1.54) is 19.3 Å². The number of thioether (sulfide) groups is 1. The van der Waals surface area contributed by atoms with Crippen molar-refractivity contribution >= 4 is 34.1 Å². The molecule has 2 fully saturated rings. The van der Waals surface area contributed by atoms with Crippen LogP contribution in [-0.4, -0.2) is 66.2 Å². The van der Waals surface area contributed by atoms with Crippen molar-refractivity contribution in [1.82, 2.24) is 10.6 Å². The van der Waals surface area contributed by atoms with Crippen LogP contribution in [0.25, 0.3) is 0 Å². The highest BCUT2D eigenvalue weighted by Gasteiger charge is 2.32. The van der Waals surface area contributed by atoms with Crippen molar-refractivity contribution in [3.8, 4) is 0 Å². The second-order valence-corrected chi connectivity index (χ2v) is 16.8. The summed E-state index contributed by atoms with van der Waals surface area (Å²) in [6.45, 7) is 17.7. The van der Waals surface area contributed by atoms with Gasteiger partial charge < -0.3 is 20.1 Å². The highest BCUT2D eigenvalue weighted by Crippen LogP contribution is 2.36. The highest BCUT2D eigenvalue weighted by molar-refractivity contribution is 8.01. The Morgan fingerprint density at radius 2 is 1.13 bits per heavy atom. The van der Waals surface area contributed by atoms with E-state index in [0.717, 1.165) is 25.5 Å². The first-order valence-electron chi connectivity index (χ1n) is 13.7. The molecule has 2 aliphatic rings. The van der Waals surface area contributed by atoms with Crippen LogP contribution >= 0.6 is 11.8 Å². The Kier molecular flexibility index (Phi) is 13.2. The molecule has 0 aromatic rings. The summed E-state index contributed by atoms with van der Waals surface area (Å²) in [5.74, 6) is 0. The summed E-state index contributed by atoms with van der Waals surface area (Å²) < 4.78 is 38.2. The van der Waals surface area contributed by atoms with Crippen molar-refractivity contribution in [3.63, 3.8) is 0 Å². The molecule has 38 heavy (non-hydrogen) atoms. The lowest BCUT2D eigenvalue weighted by molar-refractivity contribution is 0.0407. The molecule has 2 rings (SSSR count). The molecule has 0 aromatic carbocycles. The van der Waals surface area contributed by atoms with Gasteiger partial charge in [-0.05, 0) is 67.2 Å². The van der Waals surface area contributed by atoms with E-state index in [0.29, 0.717) is 18.1 Å². The molecule has 0 spiro atoms. The van der Waals surface area contributed by atoms with E-state index in [1.807, 2.05) is 32.5 Å². The number of hydrogen-bond acceptors (Lipinski definition) is 8. The molecule has 4 atom stereocenters. The van der Waals surface area contributed by atoms with Crippen molar-refractivity contribution in [2.75, 3.05) is 6.26 Å². The molecule has 0 aliphatic heterocycles. The fourth-order valence-corrected chi connectivity index (χ4v) is 6.62. The molecule has 2 aliphatic carbocycles. The van der Waals surface area contributed by atoms with Crippen LogP contribution in [0, 0.1) is 0 Å². The summed E-state index contributed by atoms with van der Waals surface area (Å²) >= 11 is 1.98. The van der Waals surface area contributed by atoms with Gasteiger partial charge >= 0.3 is 12.2 Å². The number of carbonyl (C=O) groups excluding carboxylic acids is 2. The van der Waals surface area contributed by atoms with Gasteiger partial charge in [-0.3, -0.25) is 4.18 Å². The van der Waals surface area contributed by atoms with Crippen LogP contribution in [0.1, 0.15) is 114 Å². The smallest absolute Gasteiger partial charge is 0.407 e.